The van der Waals surface area contributed by atoms with Crippen LogP contribution in [0.2, 0.25) is 0 Å². The highest BCUT2D eigenvalue weighted by atomic mass is 32.2. The first-order chi connectivity index (χ1) is 11.6. The third-order valence-electron chi connectivity index (χ3n) is 3.94. The molecule has 0 aromatic carbocycles. The summed E-state index contributed by atoms with van der Waals surface area (Å²) in [6.45, 7) is 1.89. The maximum Gasteiger partial charge on any atom is 0.279 e. The minimum atomic E-state index is -3.48. The fraction of sp³-hybridized carbons (Fsp3) is 0.533. The third kappa shape index (κ3) is 4.41. The predicted octanol–water partition coefficient (Wildman–Crippen LogP) is 2.56. The number of aromatic nitrogens is 1. The zero-order valence-electron chi connectivity index (χ0n) is 13.5. The third-order valence-corrected chi connectivity index (χ3v) is 7.39. The number of thiazole rings is 1. The standard InChI is InChI=1S/C15H21N3O3S3/c1-21-10-12-4-2-6-18(9-12)24(19,20)16-8-13-11-23-15(17-13)14-5-3-7-22-14/h3,5,7,11-12,16H,2,4,6,8-10H2,1H3. The molecule has 2 aromatic heterocycles. The number of thiophene rings is 1. The molecule has 132 valence electrons. The van der Waals surface area contributed by atoms with Gasteiger partial charge >= 0.3 is 0 Å². The second kappa shape index (κ2) is 8.03. The van der Waals surface area contributed by atoms with E-state index in [9.17, 15) is 8.42 Å². The highest BCUT2D eigenvalue weighted by molar-refractivity contribution is 7.87. The van der Waals surface area contributed by atoms with Crippen molar-refractivity contribution in [2.75, 3.05) is 26.8 Å². The van der Waals surface area contributed by atoms with Crippen LogP contribution in [-0.4, -0.2) is 44.5 Å². The van der Waals surface area contributed by atoms with Crippen molar-refractivity contribution >= 4 is 32.9 Å². The van der Waals surface area contributed by atoms with Crippen LogP contribution in [0.1, 0.15) is 18.5 Å². The van der Waals surface area contributed by atoms with Crippen molar-refractivity contribution in [2.24, 2.45) is 5.92 Å². The largest absolute Gasteiger partial charge is 0.384 e. The first-order valence-electron chi connectivity index (χ1n) is 7.80. The second-order valence-corrected chi connectivity index (χ2v) is 9.33. The lowest BCUT2D eigenvalue weighted by Crippen LogP contribution is -2.46. The van der Waals surface area contributed by atoms with Crippen LogP contribution < -0.4 is 4.72 Å². The first kappa shape index (κ1) is 18.0. The van der Waals surface area contributed by atoms with E-state index in [0.717, 1.165) is 28.4 Å². The number of hydrogen-bond acceptors (Lipinski definition) is 6. The van der Waals surface area contributed by atoms with Gasteiger partial charge in [-0.05, 0) is 30.2 Å². The van der Waals surface area contributed by atoms with Gasteiger partial charge in [-0.25, -0.2) is 4.98 Å². The van der Waals surface area contributed by atoms with E-state index in [1.165, 1.54) is 15.6 Å². The summed E-state index contributed by atoms with van der Waals surface area (Å²) in [5.74, 6) is 0.269. The molecule has 0 saturated carbocycles. The summed E-state index contributed by atoms with van der Waals surface area (Å²) in [5.41, 5.74) is 0.748. The topological polar surface area (TPSA) is 71.5 Å². The first-order valence-corrected chi connectivity index (χ1v) is 11.0. The number of nitrogens with one attached hydrogen (secondary N) is 1. The smallest absolute Gasteiger partial charge is 0.279 e. The predicted molar refractivity (Wildman–Crippen MR) is 97.4 cm³/mol. The molecule has 1 saturated heterocycles. The van der Waals surface area contributed by atoms with Gasteiger partial charge in [0.2, 0.25) is 0 Å². The number of hydrogen-bond donors (Lipinski definition) is 1. The minimum Gasteiger partial charge on any atom is -0.384 e. The molecule has 1 aliphatic rings. The Morgan fingerprint density at radius 2 is 2.33 bits per heavy atom. The Morgan fingerprint density at radius 1 is 1.46 bits per heavy atom. The van der Waals surface area contributed by atoms with Crippen molar-refractivity contribution in [3.05, 3.63) is 28.6 Å². The van der Waals surface area contributed by atoms with Crippen molar-refractivity contribution in [2.45, 2.75) is 19.4 Å². The lowest BCUT2D eigenvalue weighted by Gasteiger charge is -2.31. The van der Waals surface area contributed by atoms with E-state index in [1.807, 2.05) is 22.9 Å². The monoisotopic (exact) mass is 387 g/mol. The molecule has 1 atom stereocenters. The Labute approximate surface area is 150 Å². The van der Waals surface area contributed by atoms with Crippen LogP contribution in [0.25, 0.3) is 9.88 Å². The van der Waals surface area contributed by atoms with Gasteiger partial charge in [0, 0.05) is 25.6 Å². The molecule has 1 unspecified atom stereocenters. The second-order valence-electron chi connectivity index (χ2n) is 5.77. The molecule has 0 bridgehead atoms. The molecule has 1 aliphatic heterocycles. The fourth-order valence-electron chi connectivity index (χ4n) is 2.77. The fourth-order valence-corrected chi connectivity index (χ4v) is 5.70. The Balaban J connectivity index is 1.59. The van der Waals surface area contributed by atoms with Gasteiger partial charge < -0.3 is 4.74 Å². The maximum absolute atomic E-state index is 12.5. The molecule has 0 spiro atoms. The summed E-state index contributed by atoms with van der Waals surface area (Å²) in [6.07, 6.45) is 1.88. The van der Waals surface area contributed by atoms with Gasteiger partial charge in [-0.15, -0.1) is 22.7 Å². The number of methoxy groups -OCH3 is 1. The molecule has 6 nitrogen and oxygen atoms in total. The van der Waals surface area contributed by atoms with Gasteiger partial charge in [0.25, 0.3) is 10.2 Å². The number of ether oxygens (including phenoxy) is 1. The van der Waals surface area contributed by atoms with Crippen LogP contribution in [0.3, 0.4) is 0 Å². The van der Waals surface area contributed by atoms with Gasteiger partial charge in [-0.1, -0.05) is 6.07 Å². The van der Waals surface area contributed by atoms with Gasteiger partial charge in [0.1, 0.15) is 5.01 Å². The number of nitrogens with zero attached hydrogens (tertiary/aromatic N) is 2. The lowest BCUT2D eigenvalue weighted by atomic mass is 10.0. The number of rotatable bonds is 7. The molecule has 9 heteroatoms. The maximum atomic E-state index is 12.5. The zero-order chi connectivity index (χ0) is 17.0. The Morgan fingerprint density at radius 3 is 3.08 bits per heavy atom. The Bertz CT molecular complexity index is 741. The van der Waals surface area contributed by atoms with Crippen LogP contribution in [0.5, 0.6) is 0 Å². The van der Waals surface area contributed by atoms with Crippen LogP contribution in [0.4, 0.5) is 0 Å². The van der Waals surface area contributed by atoms with Crippen molar-refractivity contribution < 1.29 is 13.2 Å². The van der Waals surface area contributed by atoms with Crippen LogP contribution in [0, 0.1) is 5.92 Å². The van der Waals surface area contributed by atoms with Crippen molar-refractivity contribution in [3.8, 4) is 9.88 Å². The van der Waals surface area contributed by atoms with E-state index in [-0.39, 0.29) is 12.5 Å². The van der Waals surface area contributed by atoms with Gasteiger partial charge in [-0.2, -0.15) is 17.4 Å². The molecule has 0 aliphatic carbocycles. The summed E-state index contributed by atoms with van der Waals surface area (Å²) in [6, 6.07) is 4.00. The van der Waals surface area contributed by atoms with Crippen LogP contribution in [-0.2, 0) is 21.5 Å². The van der Waals surface area contributed by atoms with E-state index in [4.69, 9.17) is 4.74 Å². The van der Waals surface area contributed by atoms with Gasteiger partial charge in [0.05, 0.1) is 23.7 Å². The summed E-state index contributed by atoms with van der Waals surface area (Å²) in [7, 11) is -1.83. The average molecular weight is 388 g/mol. The van der Waals surface area contributed by atoms with Crippen LogP contribution in [0.15, 0.2) is 22.9 Å². The average Bonchev–Trinajstić information content (AvgIpc) is 3.25. The molecule has 2 aromatic rings. The molecule has 3 rings (SSSR count). The van der Waals surface area contributed by atoms with E-state index in [1.54, 1.807) is 18.4 Å². The molecule has 0 radical (unpaired) electrons. The summed E-state index contributed by atoms with van der Waals surface area (Å²) >= 11 is 3.16. The molecule has 0 amide bonds. The van der Waals surface area contributed by atoms with Crippen molar-refractivity contribution in [3.63, 3.8) is 0 Å². The van der Waals surface area contributed by atoms with Crippen LogP contribution >= 0.6 is 22.7 Å². The lowest BCUT2D eigenvalue weighted by molar-refractivity contribution is 0.118. The number of piperidine rings is 1. The Kier molecular flexibility index (Phi) is 6.01. The van der Waals surface area contributed by atoms with E-state index < -0.39 is 10.2 Å². The minimum absolute atomic E-state index is 0.218. The molecular weight excluding hydrogens is 366 g/mol. The molecule has 3 heterocycles. The molecule has 1 fully saturated rings. The summed E-state index contributed by atoms with van der Waals surface area (Å²) in [5, 5.41) is 4.84. The quantitative estimate of drug-likeness (QED) is 0.793. The van der Waals surface area contributed by atoms with E-state index in [0.29, 0.717) is 19.7 Å². The Hall–Kier alpha value is -0.840. The van der Waals surface area contributed by atoms with E-state index >= 15 is 0 Å². The SMILES string of the molecule is COCC1CCCN(S(=O)(=O)NCc2csc(-c3cccs3)n2)C1. The van der Waals surface area contributed by atoms with Gasteiger partial charge in [-0.3, -0.25) is 0 Å². The zero-order valence-corrected chi connectivity index (χ0v) is 15.9. The molecule has 1 N–H and O–H groups in total. The van der Waals surface area contributed by atoms with E-state index in [2.05, 4.69) is 9.71 Å². The molecular formula is C15H21N3O3S3. The van der Waals surface area contributed by atoms with Crippen molar-refractivity contribution in [1.29, 1.82) is 0 Å². The highest BCUT2D eigenvalue weighted by Crippen LogP contribution is 2.27. The highest BCUT2D eigenvalue weighted by Gasteiger charge is 2.28. The summed E-state index contributed by atoms with van der Waals surface area (Å²) < 4.78 is 34.3. The normalized spacial score (nSPS) is 19.6. The summed E-state index contributed by atoms with van der Waals surface area (Å²) in [4.78, 5) is 5.61. The van der Waals surface area contributed by atoms with Gasteiger partial charge in [0.15, 0.2) is 0 Å². The molecule has 24 heavy (non-hydrogen) atoms. The van der Waals surface area contributed by atoms with Crippen molar-refractivity contribution in [1.82, 2.24) is 14.0 Å².